The highest BCUT2D eigenvalue weighted by atomic mass is 79.9. The molecule has 0 aromatic heterocycles. The summed E-state index contributed by atoms with van der Waals surface area (Å²) in [6, 6.07) is 2.61. The smallest absolute Gasteiger partial charge is 0.308 e. The molecular weight excluding hydrogens is 353 g/mol. The zero-order chi connectivity index (χ0) is 15.0. The van der Waals surface area contributed by atoms with Gasteiger partial charge in [-0.3, -0.25) is 9.59 Å². The Balaban J connectivity index is 2.28. The van der Waals surface area contributed by atoms with Crippen molar-refractivity contribution in [3.05, 3.63) is 33.0 Å². The maximum absolute atomic E-state index is 14.0. The van der Waals surface area contributed by atoms with Gasteiger partial charge in [0.2, 0.25) is 0 Å². The van der Waals surface area contributed by atoms with E-state index in [2.05, 4.69) is 15.9 Å². The van der Waals surface area contributed by atoms with Crippen LogP contribution in [0.4, 0.5) is 4.39 Å². The van der Waals surface area contributed by atoms with Crippen molar-refractivity contribution in [2.45, 2.75) is 6.92 Å². The number of aliphatic carboxylic acids is 1. The van der Waals surface area contributed by atoms with Gasteiger partial charge in [-0.05, 0) is 34.0 Å². The lowest BCUT2D eigenvalue weighted by atomic mass is 9.99. The molecular formula is C13H12BrClFNO3. The number of carbonyl (C=O) groups excluding carboxylic acids is 1. The molecule has 1 aliphatic rings. The fraction of sp³-hybridized carbons (Fsp3) is 0.385. The van der Waals surface area contributed by atoms with Crippen molar-refractivity contribution >= 4 is 39.4 Å². The molecule has 0 saturated carbocycles. The van der Waals surface area contributed by atoms with Gasteiger partial charge in [-0.1, -0.05) is 18.5 Å². The molecule has 1 aromatic carbocycles. The largest absolute Gasteiger partial charge is 0.481 e. The van der Waals surface area contributed by atoms with E-state index >= 15 is 0 Å². The Morgan fingerprint density at radius 2 is 2.10 bits per heavy atom. The lowest BCUT2D eigenvalue weighted by Gasteiger charge is -2.17. The monoisotopic (exact) mass is 363 g/mol. The number of amides is 1. The number of carboxylic acids is 1. The van der Waals surface area contributed by atoms with Crippen LogP contribution in [0.1, 0.15) is 17.3 Å². The van der Waals surface area contributed by atoms with Crippen LogP contribution in [0.25, 0.3) is 0 Å². The predicted octanol–water partition coefficient (Wildman–Crippen LogP) is 3.03. The van der Waals surface area contributed by atoms with Gasteiger partial charge < -0.3 is 10.0 Å². The first-order valence-corrected chi connectivity index (χ1v) is 7.15. The molecule has 0 spiro atoms. The number of nitrogens with zero attached hydrogens (tertiary/aromatic N) is 1. The molecule has 0 radical (unpaired) electrons. The Bertz CT molecular complexity index is 581. The summed E-state index contributed by atoms with van der Waals surface area (Å²) >= 11 is 8.82. The lowest BCUT2D eigenvalue weighted by molar-refractivity contribution is -0.142. The van der Waals surface area contributed by atoms with Crippen molar-refractivity contribution in [1.82, 2.24) is 4.90 Å². The van der Waals surface area contributed by atoms with E-state index in [1.54, 1.807) is 6.92 Å². The second-order valence-electron chi connectivity index (χ2n) is 4.88. The standard InChI is InChI=1S/C13H12BrClFNO3/c1-6-4-17(5-9(6)13(19)20)12(18)8-2-7(15)3-10(14)11(8)16/h2-3,6,9H,4-5H2,1H3,(H,19,20)/t6-,9-/m1/s1. The molecule has 1 aliphatic heterocycles. The van der Waals surface area contributed by atoms with Gasteiger partial charge in [-0.2, -0.15) is 0 Å². The summed E-state index contributed by atoms with van der Waals surface area (Å²) in [7, 11) is 0. The number of carbonyl (C=O) groups is 2. The van der Waals surface area contributed by atoms with Crippen LogP contribution in [-0.2, 0) is 4.79 Å². The third-order valence-corrected chi connectivity index (χ3v) is 4.24. The molecule has 0 unspecified atom stereocenters. The zero-order valence-corrected chi connectivity index (χ0v) is 12.9. The molecule has 1 saturated heterocycles. The van der Waals surface area contributed by atoms with Gasteiger partial charge in [-0.25, -0.2) is 4.39 Å². The number of halogens is 3. The second-order valence-corrected chi connectivity index (χ2v) is 6.17. The maximum Gasteiger partial charge on any atom is 0.308 e. The van der Waals surface area contributed by atoms with Gasteiger partial charge >= 0.3 is 5.97 Å². The van der Waals surface area contributed by atoms with Crippen molar-refractivity contribution in [3.63, 3.8) is 0 Å². The molecule has 2 atom stereocenters. The maximum atomic E-state index is 14.0. The molecule has 1 fully saturated rings. The van der Waals surface area contributed by atoms with Crippen molar-refractivity contribution in [2.75, 3.05) is 13.1 Å². The van der Waals surface area contributed by atoms with E-state index < -0.39 is 23.6 Å². The SMILES string of the molecule is C[C@@H]1CN(C(=O)c2cc(Cl)cc(Br)c2F)C[C@H]1C(=O)O. The number of rotatable bonds is 2. The van der Waals surface area contributed by atoms with Gasteiger partial charge in [0.05, 0.1) is 16.0 Å². The Kier molecular flexibility index (Phi) is 4.34. The number of carboxylic acid groups (broad SMARTS) is 1. The van der Waals surface area contributed by atoms with Crippen molar-refractivity contribution in [2.24, 2.45) is 11.8 Å². The van der Waals surface area contributed by atoms with Gasteiger partial charge in [0, 0.05) is 18.1 Å². The molecule has 0 aliphatic carbocycles. The van der Waals surface area contributed by atoms with Crippen LogP contribution in [-0.4, -0.2) is 35.0 Å². The summed E-state index contributed by atoms with van der Waals surface area (Å²) < 4.78 is 14.1. The van der Waals surface area contributed by atoms with E-state index in [0.717, 1.165) is 0 Å². The van der Waals surface area contributed by atoms with Crippen molar-refractivity contribution < 1.29 is 19.1 Å². The minimum absolute atomic E-state index is 0.0822. The molecule has 4 nitrogen and oxygen atoms in total. The van der Waals surface area contributed by atoms with Crippen LogP contribution < -0.4 is 0 Å². The van der Waals surface area contributed by atoms with Gasteiger partial charge in [0.25, 0.3) is 5.91 Å². The Labute approximate surface area is 128 Å². The molecule has 1 aromatic rings. The number of benzene rings is 1. The molecule has 1 N–H and O–H groups in total. The number of likely N-dealkylation sites (tertiary alicyclic amines) is 1. The average Bonchev–Trinajstić information content (AvgIpc) is 2.75. The fourth-order valence-electron chi connectivity index (χ4n) is 2.34. The first-order valence-electron chi connectivity index (χ1n) is 5.98. The van der Waals surface area contributed by atoms with Gasteiger partial charge in [0.15, 0.2) is 0 Å². The third-order valence-electron chi connectivity index (χ3n) is 3.44. The van der Waals surface area contributed by atoms with Crippen LogP contribution in [0.5, 0.6) is 0 Å². The highest BCUT2D eigenvalue weighted by molar-refractivity contribution is 9.10. The molecule has 1 amide bonds. The summed E-state index contributed by atoms with van der Waals surface area (Å²) in [4.78, 5) is 24.7. The summed E-state index contributed by atoms with van der Waals surface area (Å²) in [5.74, 6) is -2.96. The van der Waals surface area contributed by atoms with Crippen LogP contribution in [0.15, 0.2) is 16.6 Å². The molecule has 20 heavy (non-hydrogen) atoms. The Morgan fingerprint density at radius 3 is 2.65 bits per heavy atom. The third kappa shape index (κ3) is 2.81. The van der Waals surface area contributed by atoms with E-state index in [9.17, 15) is 14.0 Å². The first-order chi connectivity index (χ1) is 9.31. The minimum Gasteiger partial charge on any atom is -0.481 e. The van der Waals surface area contributed by atoms with E-state index in [-0.39, 0.29) is 27.5 Å². The molecule has 1 heterocycles. The van der Waals surface area contributed by atoms with E-state index in [4.69, 9.17) is 16.7 Å². The topological polar surface area (TPSA) is 57.6 Å². The normalized spacial score (nSPS) is 22.1. The lowest BCUT2D eigenvalue weighted by Crippen LogP contribution is -2.30. The highest BCUT2D eigenvalue weighted by Gasteiger charge is 2.38. The van der Waals surface area contributed by atoms with Crippen LogP contribution in [0.3, 0.4) is 0 Å². The van der Waals surface area contributed by atoms with Crippen LogP contribution >= 0.6 is 27.5 Å². The first kappa shape index (κ1) is 15.3. The molecule has 108 valence electrons. The number of hydrogen-bond donors (Lipinski definition) is 1. The molecule has 2 rings (SSSR count). The Hall–Kier alpha value is -1.14. The number of hydrogen-bond acceptors (Lipinski definition) is 2. The summed E-state index contributed by atoms with van der Waals surface area (Å²) in [5.41, 5.74) is -0.150. The quantitative estimate of drug-likeness (QED) is 0.821. The Morgan fingerprint density at radius 1 is 1.45 bits per heavy atom. The van der Waals surface area contributed by atoms with E-state index in [0.29, 0.717) is 6.54 Å². The van der Waals surface area contributed by atoms with E-state index in [1.807, 2.05) is 0 Å². The minimum atomic E-state index is -0.944. The molecule has 7 heteroatoms. The molecule has 0 bridgehead atoms. The summed E-state index contributed by atoms with van der Waals surface area (Å²) in [6.07, 6.45) is 0. The van der Waals surface area contributed by atoms with E-state index in [1.165, 1.54) is 17.0 Å². The predicted molar refractivity (Wildman–Crippen MR) is 75.3 cm³/mol. The van der Waals surface area contributed by atoms with Crippen LogP contribution in [0.2, 0.25) is 5.02 Å². The second kappa shape index (κ2) is 5.69. The summed E-state index contributed by atoms with van der Waals surface area (Å²) in [6.45, 7) is 2.13. The highest BCUT2D eigenvalue weighted by Crippen LogP contribution is 2.29. The summed E-state index contributed by atoms with van der Waals surface area (Å²) in [5, 5.41) is 9.30. The van der Waals surface area contributed by atoms with Crippen molar-refractivity contribution in [3.8, 4) is 0 Å². The fourth-order valence-corrected chi connectivity index (χ4v) is 3.15. The van der Waals surface area contributed by atoms with Crippen molar-refractivity contribution in [1.29, 1.82) is 0 Å². The van der Waals surface area contributed by atoms with Gasteiger partial charge in [0.1, 0.15) is 5.82 Å². The van der Waals surface area contributed by atoms with Crippen LogP contribution in [0, 0.1) is 17.7 Å². The van der Waals surface area contributed by atoms with Gasteiger partial charge in [-0.15, -0.1) is 0 Å². The average molecular weight is 365 g/mol. The zero-order valence-electron chi connectivity index (χ0n) is 10.6.